The topological polar surface area (TPSA) is 70.2 Å². The first-order valence-electron chi connectivity index (χ1n) is 7.91. The molecule has 0 radical (unpaired) electrons. The van der Waals surface area contributed by atoms with Crippen molar-refractivity contribution in [2.24, 2.45) is 0 Å². The Morgan fingerprint density at radius 3 is 1.96 bits per heavy atom. The maximum Gasteiger partial charge on any atom is 0.170 e. The molecule has 0 saturated heterocycles. The molecule has 0 aromatic heterocycles. The number of thiocarbonyl (C=S) groups is 1. The summed E-state index contributed by atoms with van der Waals surface area (Å²) in [6, 6.07) is 5.57. The summed E-state index contributed by atoms with van der Waals surface area (Å²) in [5, 5.41) is 6.47. The number of benzene rings is 1. The van der Waals surface area contributed by atoms with Crippen molar-refractivity contribution in [3.63, 3.8) is 0 Å². The van der Waals surface area contributed by atoms with Gasteiger partial charge in [-0.15, -0.1) is 0 Å². The molecule has 134 valence electrons. The lowest BCUT2D eigenvalue weighted by Crippen LogP contribution is -2.24. The van der Waals surface area contributed by atoms with Crippen LogP contribution in [0.15, 0.2) is 18.2 Å². The fourth-order valence-corrected chi connectivity index (χ4v) is 2.09. The minimum absolute atomic E-state index is 0.423. The monoisotopic (exact) mass is 356 g/mol. The van der Waals surface area contributed by atoms with Crippen LogP contribution in [0.3, 0.4) is 0 Å². The molecule has 0 aliphatic carbocycles. The molecule has 24 heavy (non-hydrogen) atoms. The Hall–Kier alpha value is -1.61. The average Bonchev–Trinajstić information content (AvgIpc) is 2.60. The van der Waals surface area contributed by atoms with Crippen LogP contribution >= 0.6 is 12.2 Å². The highest BCUT2D eigenvalue weighted by molar-refractivity contribution is 7.80. The molecule has 1 aromatic carbocycles. The predicted molar refractivity (Wildman–Crippen MR) is 95.2 cm³/mol. The Bertz CT molecular complexity index is 515. The fourth-order valence-electron chi connectivity index (χ4n) is 1.97. The zero-order valence-electron chi connectivity index (χ0n) is 13.8. The quantitative estimate of drug-likeness (QED) is 0.733. The molecule has 1 aliphatic heterocycles. The third kappa shape index (κ3) is 6.88. The van der Waals surface area contributed by atoms with Gasteiger partial charge in [0, 0.05) is 18.8 Å². The third-order valence-corrected chi connectivity index (χ3v) is 3.45. The van der Waals surface area contributed by atoms with Crippen molar-refractivity contribution in [1.29, 1.82) is 0 Å². The molecule has 1 aromatic rings. The van der Waals surface area contributed by atoms with Crippen LogP contribution < -0.4 is 20.1 Å². The molecule has 0 saturated carbocycles. The average molecular weight is 356 g/mol. The molecule has 0 unspecified atom stereocenters. The summed E-state index contributed by atoms with van der Waals surface area (Å²) in [6.07, 6.45) is 0. The summed E-state index contributed by atoms with van der Waals surface area (Å²) in [5.41, 5.74) is 0.820. The van der Waals surface area contributed by atoms with Crippen molar-refractivity contribution < 1.29 is 23.7 Å². The Morgan fingerprint density at radius 2 is 1.38 bits per heavy atom. The smallest absolute Gasteiger partial charge is 0.170 e. The van der Waals surface area contributed by atoms with E-state index >= 15 is 0 Å². The van der Waals surface area contributed by atoms with E-state index in [0.717, 1.165) is 5.69 Å². The lowest BCUT2D eigenvalue weighted by atomic mass is 10.2. The molecule has 2 rings (SSSR count). The zero-order valence-corrected chi connectivity index (χ0v) is 14.7. The van der Waals surface area contributed by atoms with Gasteiger partial charge in [-0.3, -0.25) is 0 Å². The molecule has 0 fully saturated rings. The van der Waals surface area contributed by atoms with Crippen molar-refractivity contribution in [1.82, 2.24) is 5.32 Å². The number of nitrogens with one attached hydrogen (secondary N) is 2. The lowest BCUT2D eigenvalue weighted by Gasteiger charge is -2.15. The van der Waals surface area contributed by atoms with Crippen LogP contribution in [-0.4, -0.2) is 65.0 Å². The summed E-state index contributed by atoms with van der Waals surface area (Å²) < 4.78 is 27.8. The predicted octanol–water partition coefficient (Wildman–Crippen LogP) is 1.42. The maximum atomic E-state index is 5.78. The minimum atomic E-state index is 0.423. The highest BCUT2D eigenvalue weighted by atomic mass is 32.1. The Balaban J connectivity index is 2.01. The van der Waals surface area contributed by atoms with E-state index in [9.17, 15) is 0 Å². The van der Waals surface area contributed by atoms with Crippen LogP contribution in [0.1, 0.15) is 0 Å². The van der Waals surface area contributed by atoms with E-state index in [1.807, 2.05) is 18.2 Å². The second-order valence-corrected chi connectivity index (χ2v) is 5.31. The van der Waals surface area contributed by atoms with Crippen LogP contribution in [0.5, 0.6) is 11.5 Å². The number of hydrogen-bond donors (Lipinski definition) is 2. The van der Waals surface area contributed by atoms with Gasteiger partial charge in [-0.25, -0.2) is 0 Å². The van der Waals surface area contributed by atoms with E-state index in [4.69, 9.17) is 35.9 Å². The number of fused-ring (bicyclic) bond motifs is 1. The van der Waals surface area contributed by atoms with Gasteiger partial charge in [-0.1, -0.05) is 0 Å². The molecule has 0 bridgehead atoms. The highest BCUT2D eigenvalue weighted by Gasteiger charge is 2.08. The van der Waals surface area contributed by atoms with Gasteiger partial charge in [0.25, 0.3) is 0 Å². The SMILES string of the molecule is CNC(=S)Nc1ccc2c(c1)OCCOCCOCCOCCO2. The molecular formula is C16H24N2O5S. The number of rotatable bonds is 1. The van der Waals surface area contributed by atoms with E-state index in [2.05, 4.69) is 10.6 Å². The van der Waals surface area contributed by atoms with Crippen LogP contribution in [0.4, 0.5) is 5.69 Å². The van der Waals surface area contributed by atoms with Gasteiger partial charge >= 0.3 is 0 Å². The van der Waals surface area contributed by atoms with E-state index in [0.29, 0.717) is 69.5 Å². The van der Waals surface area contributed by atoms with Gasteiger partial charge < -0.3 is 34.3 Å². The van der Waals surface area contributed by atoms with E-state index in [1.54, 1.807) is 7.05 Å². The summed E-state index contributed by atoms with van der Waals surface area (Å²) in [7, 11) is 1.76. The normalized spacial score (nSPS) is 17.2. The van der Waals surface area contributed by atoms with Gasteiger partial charge in [-0.2, -0.15) is 0 Å². The summed E-state index contributed by atoms with van der Waals surface area (Å²) in [6.45, 7) is 4.00. The molecule has 0 amide bonds. The van der Waals surface area contributed by atoms with E-state index in [-0.39, 0.29) is 0 Å². The van der Waals surface area contributed by atoms with Gasteiger partial charge in [-0.05, 0) is 24.4 Å². The summed E-state index contributed by atoms with van der Waals surface area (Å²) in [4.78, 5) is 0. The molecule has 0 spiro atoms. The van der Waals surface area contributed by atoms with Crippen molar-refractivity contribution >= 4 is 23.0 Å². The largest absolute Gasteiger partial charge is 0.487 e. The van der Waals surface area contributed by atoms with E-state index in [1.165, 1.54) is 0 Å². The first-order valence-corrected chi connectivity index (χ1v) is 8.32. The first kappa shape index (κ1) is 18.7. The maximum absolute atomic E-state index is 5.78. The molecule has 7 nitrogen and oxygen atoms in total. The van der Waals surface area contributed by atoms with Crippen LogP contribution in [-0.2, 0) is 14.2 Å². The molecule has 2 N–H and O–H groups in total. The first-order chi connectivity index (χ1) is 11.8. The fraction of sp³-hybridized carbons (Fsp3) is 0.562. The van der Waals surface area contributed by atoms with Crippen LogP contribution in [0, 0.1) is 0 Å². The second-order valence-electron chi connectivity index (χ2n) is 4.90. The van der Waals surface area contributed by atoms with Crippen molar-refractivity contribution in [3.05, 3.63) is 18.2 Å². The molecule has 0 atom stereocenters. The van der Waals surface area contributed by atoms with Crippen molar-refractivity contribution in [2.75, 3.05) is 65.2 Å². The standard InChI is InChI=1S/C16H24N2O5S/c1-17-16(24)18-13-2-3-14-15(12-13)23-11-9-21-7-5-19-4-6-20-8-10-22-14/h2-3,12H,4-11H2,1H3,(H2,17,18,24). The minimum Gasteiger partial charge on any atom is -0.487 e. The molecular weight excluding hydrogens is 332 g/mol. The van der Waals surface area contributed by atoms with Gasteiger partial charge in [0.05, 0.1) is 39.6 Å². The molecule has 1 heterocycles. The van der Waals surface area contributed by atoms with Gasteiger partial charge in [0.1, 0.15) is 13.2 Å². The second kappa shape index (κ2) is 11.0. The molecule has 8 heteroatoms. The number of anilines is 1. The van der Waals surface area contributed by atoms with Crippen molar-refractivity contribution in [3.8, 4) is 11.5 Å². The van der Waals surface area contributed by atoms with Gasteiger partial charge in [0.2, 0.25) is 0 Å². The van der Waals surface area contributed by atoms with Crippen LogP contribution in [0.2, 0.25) is 0 Å². The van der Waals surface area contributed by atoms with Crippen LogP contribution in [0.25, 0.3) is 0 Å². The Kier molecular flexibility index (Phi) is 8.61. The number of hydrogen-bond acceptors (Lipinski definition) is 6. The van der Waals surface area contributed by atoms with Gasteiger partial charge in [0.15, 0.2) is 16.6 Å². The molecule has 1 aliphatic rings. The Labute approximate surface area is 147 Å². The van der Waals surface area contributed by atoms with E-state index < -0.39 is 0 Å². The number of ether oxygens (including phenoxy) is 5. The zero-order chi connectivity index (χ0) is 17.0. The summed E-state index contributed by atoms with van der Waals surface area (Å²) >= 11 is 5.11. The highest BCUT2D eigenvalue weighted by Crippen LogP contribution is 2.30. The summed E-state index contributed by atoms with van der Waals surface area (Å²) in [5.74, 6) is 1.29. The Morgan fingerprint density at radius 1 is 0.833 bits per heavy atom. The lowest BCUT2D eigenvalue weighted by molar-refractivity contribution is 0.00708. The third-order valence-electron chi connectivity index (χ3n) is 3.14. The van der Waals surface area contributed by atoms with Crippen molar-refractivity contribution in [2.45, 2.75) is 0 Å².